The van der Waals surface area contributed by atoms with Crippen molar-refractivity contribution in [2.24, 2.45) is 0 Å². The van der Waals surface area contributed by atoms with E-state index in [-0.39, 0.29) is 23.5 Å². The first kappa shape index (κ1) is 30.2. The number of rotatable bonds is 9. The quantitative estimate of drug-likeness (QED) is 0.405. The molecule has 228 valence electrons. The topological polar surface area (TPSA) is 105 Å². The van der Waals surface area contributed by atoms with Crippen LogP contribution in [-0.4, -0.2) is 63.0 Å². The summed E-state index contributed by atoms with van der Waals surface area (Å²) in [6, 6.07) is 10.1. The van der Waals surface area contributed by atoms with E-state index in [1.807, 2.05) is 28.9 Å². The van der Waals surface area contributed by atoms with Crippen molar-refractivity contribution in [3.63, 3.8) is 0 Å². The van der Waals surface area contributed by atoms with Gasteiger partial charge in [-0.05, 0) is 74.8 Å². The first-order valence-corrected chi connectivity index (χ1v) is 16.9. The third kappa shape index (κ3) is 7.38. The van der Waals surface area contributed by atoms with E-state index in [0.29, 0.717) is 36.4 Å². The Balaban J connectivity index is 1.35. The molecule has 0 aliphatic carbocycles. The zero-order valence-electron chi connectivity index (χ0n) is 24.6. The van der Waals surface area contributed by atoms with Crippen LogP contribution in [0.25, 0.3) is 0 Å². The number of ether oxygens (including phenoxy) is 2. The predicted molar refractivity (Wildman–Crippen MR) is 161 cm³/mol. The van der Waals surface area contributed by atoms with Crippen LogP contribution in [0.3, 0.4) is 0 Å². The number of carbonyl (C=O) groups excluding carboxylic acids is 2. The molecule has 1 N–H and O–H groups in total. The second-order valence-corrected chi connectivity index (χ2v) is 13.4. The summed E-state index contributed by atoms with van der Waals surface area (Å²) in [6.45, 7) is 5.00. The Morgan fingerprint density at radius 3 is 2.17 bits per heavy atom. The van der Waals surface area contributed by atoms with Gasteiger partial charge in [0.15, 0.2) is 11.5 Å². The average Bonchev–Trinajstić information content (AvgIpc) is 3.15. The van der Waals surface area contributed by atoms with E-state index in [2.05, 4.69) is 4.72 Å². The molecular weight excluding hydrogens is 554 g/mol. The Morgan fingerprint density at radius 1 is 0.833 bits per heavy atom. The van der Waals surface area contributed by atoms with Crippen molar-refractivity contribution < 1.29 is 27.5 Å². The summed E-state index contributed by atoms with van der Waals surface area (Å²) in [5, 5.41) is 0. The zero-order valence-corrected chi connectivity index (χ0v) is 25.4. The van der Waals surface area contributed by atoms with Crippen LogP contribution in [0.15, 0.2) is 41.3 Å². The first-order chi connectivity index (χ1) is 20.3. The number of fused-ring (bicyclic) bond motifs is 1. The summed E-state index contributed by atoms with van der Waals surface area (Å²) in [5.41, 5.74) is 1.94. The van der Waals surface area contributed by atoms with Crippen LogP contribution in [-0.2, 0) is 19.6 Å². The molecule has 0 aromatic heterocycles. The smallest absolute Gasteiger partial charge is 0.262 e. The molecule has 2 saturated heterocycles. The summed E-state index contributed by atoms with van der Waals surface area (Å²) in [5.74, 6) is 0.679. The molecule has 2 aromatic rings. The summed E-state index contributed by atoms with van der Waals surface area (Å²) < 4.78 is 40.1. The second kappa shape index (κ2) is 13.8. The summed E-state index contributed by atoms with van der Waals surface area (Å²) >= 11 is 0. The highest BCUT2D eigenvalue weighted by Gasteiger charge is 2.28. The summed E-state index contributed by atoms with van der Waals surface area (Å²) in [6.07, 6.45) is 10.2. The lowest BCUT2D eigenvalue weighted by molar-refractivity contribution is -0.134. The number of aryl methyl sites for hydroxylation is 1. The average molecular weight is 598 g/mol. The van der Waals surface area contributed by atoms with E-state index in [1.54, 1.807) is 12.1 Å². The van der Waals surface area contributed by atoms with Gasteiger partial charge in [0.2, 0.25) is 18.6 Å². The van der Waals surface area contributed by atoms with Gasteiger partial charge in [-0.3, -0.25) is 14.3 Å². The lowest BCUT2D eigenvalue weighted by atomic mass is 9.90. The van der Waals surface area contributed by atoms with Crippen LogP contribution in [0.2, 0.25) is 0 Å². The van der Waals surface area contributed by atoms with Gasteiger partial charge in [0.1, 0.15) is 0 Å². The molecule has 0 radical (unpaired) electrons. The third-order valence-electron chi connectivity index (χ3n) is 8.62. The van der Waals surface area contributed by atoms with Crippen molar-refractivity contribution in [1.82, 2.24) is 9.80 Å². The van der Waals surface area contributed by atoms with Gasteiger partial charge in [-0.2, -0.15) is 0 Å². The van der Waals surface area contributed by atoms with Gasteiger partial charge in [-0.1, -0.05) is 37.8 Å². The van der Waals surface area contributed by atoms with E-state index in [9.17, 15) is 18.0 Å². The largest absolute Gasteiger partial charge is 0.454 e. The standard InChI is InChI=1S/C32H43N3O6S/c1-24-13-14-25(21-28(24)33-42(38,39)26-15-16-29-30(22-26)41-23-40-29)27(32(37)35-19-8-4-5-9-20-35)11-10-12-31(36)34-17-6-2-3-7-18-34/h13-16,21-22,27,33H,2-12,17-20,23H2,1H3. The molecule has 5 rings (SSSR count). The SMILES string of the molecule is Cc1ccc(C(CCCC(=O)N2CCCCCC2)C(=O)N2CCCCCC2)cc1NS(=O)(=O)c1ccc2c(c1)OCO2. The van der Waals surface area contributed by atoms with Gasteiger partial charge in [0.05, 0.1) is 16.5 Å². The minimum Gasteiger partial charge on any atom is -0.454 e. The second-order valence-electron chi connectivity index (χ2n) is 11.7. The lowest BCUT2D eigenvalue weighted by Gasteiger charge is -2.27. The van der Waals surface area contributed by atoms with E-state index >= 15 is 0 Å². The third-order valence-corrected chi connectivity index (χ3v) is 9.98. The molecule has 1 atom stereocenters. The highest BCUT2D eigenvalue weighted by molar-refractivity contribution is 7.92. The van der Waals surface area contributed by atoms with Crippen molar-refractivity contribution in [2.45, 2.75) is 88.4 Å². The van der Waals surface area contributed by atoms with E-state index in [1.165, 1.54) is 25.0 Å². The van der Waals surface area contributed by atoms with Gasteiger partial charge in [-0.15, -0.1) is 0 Å². The molecule has 10 heteroatoms. The van der Waals surface area contributed by atoms with Crippen LogP contribution in [0.1, 0.15) is 87.7 Å². The van der Waals surface area contributed by atoms with Crippen molar-refractivity contribution in [3.8, 4) is 11.5 Å². The molecular formula is C32H43N3O6S. The maximum Gasteiger partial charge on any atom is 0.262 e. The number of amides is 2. The molecule has 2 aromatic carbocycles. The van der Waals surface area contributed by atoms with Gasteiger partial charge in [0.25, 0.3) is 10.0 Å². The Bertz CT molecular complexity index is 1360. The molecule has 0 spiro atoms. The number of likely N-dealkylation sites (tertiary alicyclic amines) is 2. The lowest BCUT2D eigenvalue weighted by Crippen LogP contribution is -2.36. The number of sulfonamides is 1. The minimum atomic E-state index is -3.92. The number of hydrogen-bond donors (Lipinski definition) is 1. The van der Waals surface area contributed by atoms with Crippen LogP contribution in [0.5, 0.6) is 11.5 Å². The number of benzene rings is 2. The molecule has 3 aliphatic rings. The maximum atomic E-state index is 14.0. The number of carbonyl (C=O) groups is 2. The predicted octanol–water partition coefficient (Wildman–Crippen LogP) is 5.58. The maximum absolute atomic E-state index is 14.0. The molecule has 0 bridgehead atoms. The Morgan fingerprint density at radius 2 is 1.48 bits per heavy atom. The molecule has 1 unspecified atom stereocenters. The van der Waals surface area contributed by atoms with Crippen molar-refractivity contribution in [3.05, 3.63) is 47.5 Å². The normalized spacial score (nSPS) is 18.2. The van der Waals surface area contributed by atoms with Crippen LogP contribution < -0.4 is 14.2 Å². The van der Waals surface area contributed by atoms with Crippen LogP contribution in [0, 0.1) is 6.92 Å². The fourth-order valence-electron chi connectivity index (χ4n) is 6.09. The van der Waals surface area contributed by atoms with Gasteiger partial charge >= 0.3 is 0 Å². The Kier molecular flexibility index (Phi) is 9.92. The van der Waals surface area contributed by atoms with Crippen molar-refractivity contribution >= 4 is 27.5 Å². The molecule has 0 saturated carbocycles. The van der Waals surface area contributed by atoms with E-state index in [4.69, 9.17) is 9.47 Å². The molecule has 2 fully saturated rings. The Hall–Kier alpha value is -3.27. The van der Waals surface area contributed by atoms with Gasteiger partial charge < -0.3 is 19.3 Å². The first-order valence-electron chi connectivity index (χ1n) is 15.4. The summed E-state index contributed by atoms with van der Waals surface area (Å²) in [4.78, 5) is 30.9. The van der Waals surface area contributed by atoms with Crippen LogP contribution in [0.4, 0.5) is 5.69 Å². The van der Waals surface area contributed by atoms with Gasteiger partial charge in [-0.25, -0.2) is 8.42 Å². The summed E-state index contributed by atoms with van der Waals surface area (Å²) in [7, 11) is -3.92. The monoisotopic (exact) mass is 597 g/mol. The molecule has 9 nitrogen and oxygen atoms in total. The number of nitrogens with zero attached hydrogens (tertiary/aromatic N) is 2. The highest BCUT2D eigenvalue weighted by Crippen LogP contribution is 2.35. The van der Waals surface area contributed by atoms with Crippen LogP contribution >= 0.6 is 0 Å². The molecule has 42 heavy (non-hydrogen) atoms. The molecule has 3 aliphatic heterocycles. The fraction of sp³-hybridized carbons (Fsp3) is 0.562. The fourth-order valence-corrected chi connectivity index (χ4v) is 7.23. The van der Waals surface area contributed by atoms with Crippen molar-refractivity contribution in [2.75, 3.05) is 37.7 Å². The highest BCUT2D eigenvalue weighted by atomic mass is 32.2. The number of hydrogen-bond acceptors (Lipinski definition) is 6. The van der Waals surface area contributed by atoms with E-state index in [0.717, 1.165) is 75.8 Å². The Labute approximate surface area is 249 Å². The van der Waals surface area contributed by atoms with Gasteiger partial charge in [0, 0.05) is 38.7 Å². The zero-order chi connectivity index (χ0) is 29.5. The number of anilines is 1. The molecule has 2 amide bonds. The number of nitrogens with one attached hydrogen (secondary N) is 1. The molecule has 3 heterocycles. The van der Waals surface area contributed by atoms with Crippen molar-refractivity contribution in [1.29, 1.82) is 0 Å². The minimum absolute atomic E-state index is 0.0590. The van der Waals surface area contributed by atoms with E-state index < -0.39 is 15.9 Å².